The second-order valence-corrected chi connectivity index (χ2v) is 7.38. The number of carbonyl (C=O) groups excluding carboxylic acids is 3. The molecular formula is C23H20FNO4. The fourth-order valence-corrected chi connectivity index (χ4v) is 3.98. The second-order valence-electron chi connectivity index (χ2n) is 7.38. The normalized spacial score (nSPS) is 23.2. The Bertz CT molecular complexity index is 998. The smallest absolute Gasteiger partial charge is 0.238 e. The van der Waals surface area contributed by atoms with Crippen LogP contribution in [0.2, 0.25) is 0 Å². The van der Waals surface area contributed by atoms with Gasteiger partial charge in [-0.1, -0.05) is 25.1 Å². The largest absolute Gasteiger partial charge is 0.485 e. The van der Waals surface area contributed by atoms with Crippen LogP contribution in [0.5, 0.6) is 5.75 Å². The molecule has 6 heteroatoms. The van der Waals surface area contributed by atoms with Gasteiger partial charge in [-0.25, -0.2) is 9.29 Å². The van der Waals surface area contributed by atoms with Crippen LogP contribution in [0, 0.1) is 23.6 Å². The number of rotatable bonds is 5. The maximum absolute atomic E-state index is 13.0. The van der Waals surface area contributed by atoms with Gasteiger partial charge in [-0.05, 0) is 48.7 Å². The SMILES string of the molecule is C[C@@H]1C=CC[C@H]2C(=O)N(c3cccc(OCC(=O)c4ccc(F)cc4)c3)C(=O)[C@@H]12. The van der Waals surface area contributed by atoms with Gasteiger partial charge in [0.1, 0.15) is 11.6 Å². The Morgan fingerprint density at radius 1 is 1.14 bits per heavy atom. The molecular weight excluding hydrogens is 373 g/mol. The highest BCUT2D eigenvalue weighted by Gasteiger charge is 2.50. The van der Waals surface area contributed by atoms with Crippen molar-refractivity contribution in [1.82, 2.24) is 0 Å². The van der Waals surface area contributed by atoms with Crippen molar-refractivity contribution in [2.24, 2.45) is 17.8 Å². The standard InChI is InChI=1S/C23H20FNO4/c1-14-4-2-7-19-21(14)23(28)25(22(19)27)17-5-3-6-18(12-17)29-13-20(26)15-8-10-16(24)11-9-15/h2-6,8-12,14,19,21H,7,13H2,1H3/t14-,19-,21+/m1/s1. The van der Waals surface area contributed by atoms with Crippen LogP contribution < -0.4 is 9.64 Å². The van der Waals surface area contributed by atoms with E-state index in [1.54, 1.807) is 24.3 Å². The maximum atomic E-state index is 13.0. The van der Waals surface area contributed by atoms with Crippen LogP contribution in [-0.2, 0) is 9.59 Å². The third-order valence-corrected chi connectivity index (χ3v) is 5.48. The number of allylic oxidation sites excluding steroid dienone is 2. The Balaban J connectivity index is 1.49. The van der Waals surface area contributed by atoms with Crippen LogP contribution in [0.1, 0.15) is 23.7 Å². The Kier molecular flexibility index (Phi) is 5.01. The van der Waals surface area contributed by atoms with Crippen LogP contribution in [0.3, 0.4) is 0 Å². The third-order valence-electron chi connectivity index (χ3n) is 5.48. The molecule has 0 N–H and O–H groups in total. The molecule has 0 radical (unpaired) electrons. The van der Waals surface area contributed by atoms with Crippen LogP contribution in [0.4, 0.5) is 10.1 Å². The van der Waals surface area contributed by atoms with Crippen molar-refractivity contribution in [2.45, 2.75) is 13.3 Å². The number of carbonyl (C=O) groups is 3. The molecule has 0 aromatic heterocycles. The first-order chi connectivity index (χ1) is 14.0. The number of benzene rings is 2. The number of ether oxygens (including phenoxy) is 1. The van der Waals surface area contributed by atoms with Gasteiger partial charge in [-0.15, -0.1) is 0 Å². The molecule has 2 amide bonds. The molecule has 2 aromatic carbocycles. The molecule has 0 bridgehead atoms. The first-order valence-corrected chi connectivity index (χ1v) is 9.52. The molecule has 1 heterocycles. The van der Waals surface area contributed by atoms with Gasteiger partial charge >= 0.3 is 0 Å². The summed E-state index contributed by atoms with van der Waals surface area (Å²) in [4.78, 5) is 39.2. The van der Waals surface area contributed by atoms with Crippen molar-refractivity contribution in [2.75, 3.05) is 11.5 Å². The molecule has 3 atom stereocenters. The number of hydrogen-bond donors (Lipinski definition) is 0. The number of imide groups is 1. The van der Waals surface area contributed by atoms with Gasteiger partial charge < -0.3 is 4.74 Å². The fourth-order valence-electron chi connectivity index (χ4n) is 3.98. The minimum atomic E-state index is -0.416. The summed E-state index contributed by atoms with van der Waals surface area (Å²) in [6.07, 6.45) is 4.51. The van der Waals surface area contributed by atoms with Crippen molar-refractivity contribution in [1.29, 1.82) is 0 Å². The summed E-state index contributed by atoms with van der Waals surface area (Å²) in [6.45, 7) is 1.71. The number of hydrogen-bond acceptors (Lipinski definition) is 4. The Hall–Kier alpha value is -3.28. The van der Waals surface area contributed by atoms with E-state index < -0.39 is 5.82 Å². The molecule has 29 heavy (non-hydrogen) atoms. The number of halogens is 1. The summed E-state index contributed by atoms with van der Waals surface area (Å²) in [5, 5.41) is 0. The Morgan fingerprint density at radius 3 is 2.62 bits per heavy atom. The van der Waals surface area contributed by atoms with Crippen LogP contribution in [0.25, 0.3) is 0 Å². The van der Waals surface area contributed by atoms with Crippen LogP contribution in [-0.4, -0.2) is 24.2 Å². The van der Waals surface area contributed by atoms with Crippen molar-refractivity contribution < 1.29 is 23.5 Å². The van der Waals surface area contributed by atoms with E-state index in [1.807, 2.05) is 19.1 Å². The second kappa shape index (κ2) is 7.62. The zero-order chi connectivity index (χ0) is 20.5. The van der Waals surface area contributed by atoms with Crippen molar-refractivity contribution >= 4 is 23.3 Å². The van der Waals surface area contributed by atoms with E-state index in [0.29, 0.717) is 23.4 Å². The van der Waals surface area contributed by atoms with E-state index in [0.717, 1.165) is 0 Å². The predicted octanol–water partition coefficient (Wildman–Crippen LogP) is 3.79. The number of Topliss-reactive ketones (excluding diaryl/α,β-unsaturated/α-hetero) is 1. The predicted molar refractivity (Wildman–Crippen MR) is 105 cm³/mol. The lowest BCUT2D eigenvalue weighted by Crippen LogP contribution is -2.31. The molecule has 0 unspecified atom stereocenters. The maximum Gasteiger partial charge on any atom is 0.238 e. The molecule has 0 spiro atoms. The number of nitrogens with zero attached hydrogens (tertiary/aromatic N) is 1. The van der Waals surface area contributed by atoms with Gasteiger partial charge in [0.15, 0.2) is 12.4 Å². The van der Waals surface area contributed by atoms with Gasteiger partial charge in [-0.3, -0.25) is 14.4 Å². The topological polar surface area (TPSA) is 63.7 Å². The molecule has 1 fully saturated rings. The van der Waals surface area contributed by atoms with Crippen LogP contribution in [0.15, 0.2) is 60.7 Å². The van der Waals surface area contributed by atoms with E-state index in [4.69, 9.17) is 4.74 Å². The first kappa shape index (κ1) is 19.1. The highest BCUT2D eigenvalue weighted by molar-refractivity contribution is 6.22. The quantitative estimate of drug-likeness (QED) is 0.441. The minimum Gasteiger partial charge on any atom is -0.485 e. The summed E-state index contributed by atoms with van der Waals surface area (Å²) in [5.41, 5.74) is 0.784. The molecule has 1 saturated heterocycles. The number of ketones is 1. The zero-order valence-electron chi connectivity index (χ0n) is 15.9. The van der Waals surface area contributed by atoms with Crippen molar-refractivity contribution in [3.63, 3.8) is 0 Å². The minimum absolute atomic E-state index is 0.0166. The summed E-state index contributed by atoms with van der Waals surface area (Å²) >= 11 is 0. The molecule has 4 rings (SSSR count). The number of fused-ring (bicyclic) bond motifs is 1. The molecule has 1 aliphatic heterocycles. The monoisotopic (exact) mass is 393 g/mol. The first-order valence-electron chi connectivity index (χ1n) is 9.52. The number of anilines is 1. The molecule has 1 aliphatic carbocycles. The zero-order valence-corrected chi connectivity index (χ0v) is 15.9. The molecule has 0 saturated carbocycles. The molecule has 148 valence electrons. The lowest BCUT2D eigenvalue weighted by molar-refractivity contribution is -0.122. The third kappa shape index (κ3) is 3.58. The van der Waals surface area contributed by atoms with E-state index in [-0.39, 0.29) is 42.0 Å². The summed E-state index contributed by atoms with van der Waals surface area (Å²) in [6, 6.07) is 11.8. The summed E-state index contributed by atoms with van der Waals surface area (Å²) < 4.78 is 18.5. The fraction of sp³-hybridized carbons (Fsp3) is 0.261. The van der Waals surface area contributed by atoms with E-state index >= 15 is 0 Å². The Labute approximate surface area is 167 Å². The van der Waals surface area contributed by atoms with Crippen molar-refractivity contribution in [3.05, 3.63) is 72.1 Å². The summed E-state index contributed by atoms with van der Waals surface area (Å²) in [5.74, 6) is -1.38. The van der Waals surface area contributed by atoms with Gasteiger partial charge in [0.25, 0.3) is 0 Å². The number of amides is 2. The van der Waals surface area contributed by atoms with E-state index in [1.165, 1.54) is 29.2 Å². The molecule has 2 aliphatic rings. The highest BCUT2D eigenvalue weighted by Crippen LogP contribution is 2.40. The van der Waals surface area contributed by atoms with Crippen molar-refractivity contribution in [3.8, 4) is 5.75 Å². The van der Waals surface area contributed by atoms with Gasteiger partial charge in [0.05, 0.1) is 17.5 Å². The Morgan fingerprint density at radius 2 is 1.90 bits per heavy atom. The lowest BCUT2D eigenvalue weighted by Gasteiger charge is -2.22. The van der Waals surface area contributed by atoms with Gasteiger partial charge in [0.2, 0.25) is 11.8 Å². The lowest BCUT2D eigenvalue weighted by atomic mass is 9.78. The highest BCUT2D eigenvalue weighted by atomic mass is 19.1. The van der Waals surface area contributed by atoms with Gasteiger partial charge in [0, 0.05) is 11.6 Å². The molecule has 5 nitrogen and oxygen atoms in total. The molecule has 2 aromatic rings. The van der Waals surface area contributed by atoms with E-state index in [9.17, 15) is 18.8 Å². The average Bonchev–Trinajstić information content (AvgIpc) is 2.98. The van der Waals surface area contributed by atoms with E-state index in [2.05, 4.69) is 0 Å². The van der Waals surface area contributed by atoms with Gasteiger partial charge in [-0.2, -0.15) is 0 Å². The average molecular weight is 393 g/mol. The summed E-state index contributed by atoms with van der Waals surface area (Å²) in [7, 11) is 0. The van der Waals surface area contributed by atoms with Crippen LogP contribution >= 0.6 is 0 Å².